The van der Waals surface area contributed by atoms with Crippen LogP contribution in [0.25, 0.3) is 20.8 Å². The number of carbonyl (C=O) groups is 1. The van der Waals surface area contributed by atoms with Crippen molar-refractivity contribution in [1.82, 2.24) is 14.8 Å². The second kappa shape index (κ2) is 7.97. The molecule has 148 valence electrons. The zero-order chi connectivity index (χ0) is 20.5. The second-order valence-electron chi connectivity index (χ2n) is 7.07. The average Bonchev–Trinajstić information content (AvgIpc) is 3.23. The van der Waals surface area contributed by atoms with Gasteiger partial charge in [-0.1, -0.05) is 17.7 Å². The maximum absolute atomic E-state index is 12.3. The van der Waals surface area contributed by atoms with Crippen molar-refractivity contribution in [3.63, 3.8) is 0 Å². The lowest BCUT2D eigenvalue weighted by molar-refractivity contribution is -0.116. The molecule has 4 rings (SSSR count). The predicted octanol–water partition coefficient (Wildman–Crippen LogP) is 5.77. The lowest BCUT2D eigenvalue weighted by Crippen LogP contribution is -2.15. The molecule has 0 atom stereocenters. The molecule has 0 saturated carbocycles. The minimum atomic E-state index is -0.0584. The first-order valence-corrected chi connectivity index (χ1v) is 10.6. The first-order valence-electron chi connectivity index (χ1n) is 9.37. The number of carbonyl (C=O) groups excluding carboxylic acids is 1. The zero-order valence-electron chi connectivity index (χ0n) is 16.5. The number of nitrogens with zero attached hydrogens (tertiary/aromatic N) is 3. The molecule has 4 aromatic rings. The molecule has 0 spiro atoms. The van der Waals surface area contributed by atoms with E-state index in [0.717, 1.165) is 33.2 Å². The van der Waals surface area contributed by atoms with Crippen LogP contribution in [-0.2, 0) is 11.3 Å². The average molecular weight is 425 g/mol. The molecular weight excluding hydrogens is 404 g/mol. The number of halogens is 1. The van der Waals surface area contributed by atoms with Crippen LogP contribution in [0, 0.1) is 20.8 Å². The molecule has 0 aliphatic heterocycles. The molecule has 0 aliphatic carbocycles. The Hall–Kier alpha value is -2.70. The fourth-order valence-corrected chi connectivity index (χ4v) is 4.38. The summed E-state index contributed by atoms with van der Waals surface area (Å²) in [6.45, 7) is 6.34. The minimum Gasteiger partial charge on any atom is -0.326 e. The highest BCUT2D eigenvalue weighted by atomic mass is 35.5. The van der Waals surface area contributed by atoms with E-state index >= 15 is 0 Å². The van der Waals surface area contributed by atoms with Crippen molar-refractivity contribution in [2.75, 3.05) is 5.32 Å². The topological polar surface area (TPSA) is 59.8 Å². The summed E-state index contributed by atoms with van der Waals surface area (Å²) in [5.41, 5.74) is 5.71. The van der Waals surface area contributed by atoms with Crippen LogP contribution in [0.2, 0.25) is 5.02 Å². The Morgan fingerprint density at radius 3 is 2.59 bits per heavy atom. The third-order valence-corrected chi connectivity index (χ3v) is 6.42. The number of benzene rings is 2. The van der Waals surface area contributed by atoms with Crippen LogP contribution < -0.4 is 5.32 Å². The Morgan fingerprint density at radius 1 is 1.14 bits per heavy atom. The lowest BCUT2D eigenvalue weighted by atomic mass is 10.2. The van der Waals surface area contributed by atoms with E-state index in [1.807, 2.05) is 38.1 Å². The van der Waals surface area contributed by atoms with Gasteiger partial charge in [-0.15, -0.1) is 11.3 Å². The SMILES string of the molecule is Cc1ccc2nc(-c3ccc(NC(=O)CCn4nc(C)c(Cl)c4C)cc3)sc2c1. The van der Waals surface area contributed by atoms with Crippen LogP contribution >= 0.6 is 22.9 Å². The Kier molecular flexibility index (Phi) is 5.39. The fourth-order valence-electron chi connectivity index (χ4n) is 3.18. The number of thiazole rings is 1. The van der Waals surface area contributed by atoms with Crippen LogP contribution in [0.5, 0.6) is 0 Å². The fraction of sp³-hybridized carbons (Fsp3) is 0.227. The molecule has 1 amide bonds. The van der Waals surface area contributed by atoms with Gasteiger partial charge in [0.2, 0.25) is 5.91 Å². The zero-order valence-corrected chi connectivity index (χ0v) is 18.1. The Balaban J connectivity index is 1.40. The lowest BCUT2D eigenvalue weighted by Gasteiger charge is -2.07. The third-order valence-electron chi connectivity index (χ3n) is 4.80. The van der Waals surface area contributed by atoms with Crippen LogP contribution in [0.4, 0.5) is 5.69 Å². The van der Waals surface area contributed by atoms with E-state index in [9.17, 15) is 4.79 Å². The molecule has 7 heteroatoms. The summed E-state index contributed by atoms with van der Waals surface area (Å²) in [4.78, 5) is 17.0. The van der Waals surface area contributed by atoms with E-state index in [4.69, 9.17) is 16.6 Å². The number of anilines is 1. The summed E-state index contributed by atoms with van der Waals surface area (Å²) in [5, 5.41) is 8.93. The van der Waals surface area contributed by atoms with E-state index < -0.39 is 0 Å². The van der Waals surface area contributed by atoms with Gasteiger partial charge in [0.1, 0.15) is 5.01 Å². The third kappa shape index (κ3) is 4.18. The molecule has 0 fully saturated rings. The van der Waals surface area contributed by atoms with Crippen molar-refractivity contribution in [2.24, 2.45) is 0 Å². The van der Waals surface area contributed by atoms with Gasteiger partial charge in [0.05, 0.1) is 33.2 Å². The number of aromatic nitrogens is 3. The van der Waals surface area contributed by atoms with Crippen LogP contribution in [-0.4, -0.2) is 20.7 Å². The van der Waals surface area contributed by atoms with Gasteiger partial charge in [0.25, 0.3) is 0 Å². The van der Waals surface area contributed by atoms with Gasteiger partial charge in [0.15, 0.2) is 0 Å². The summed E-state index contributed by atoms with van der Waals surface area (Å²) >= 11 is 7.83. The van der Waals surface area contributed by atoms with Gasteiger partial charge in [-0.25, -0.2) is 4.98 Å². The van der Waals surface area contributed by atoms with Crippen LogP contribution in [0.3, 0.4) is 0 Å². The first-order chi connectivity index (χ1) is 13.9. The highest BCUT2D eigenvalue weighted by molar-refractivity contribution is 7.21. The largest absolute Gasteiger partial charge is 0.326 e. The number of aryl methyl sites for hydroxylation is 3. The van der Waals surface area contributed by atoms with Gasteiger partial charge in [-0.2, -0.15) is 5.10 Å². The van der Waals surface area contributed by atoms with Crippen molar-refractivity contribution in [2.45, 2.75) is 33.7 Å². The van der Waals surface area contributed by atoms with Gasteiger partial charge >= 0.3 is 0 Å². The van der Waals surface area contributed by atoms with Crippen LogP contribution in [0.1, 0.15) is 23.4 Å². The quantitative estimate of drug-likeness (QED) is 0.442. The highest BCUT2D eigenvalue weighted by Gasteiger charge is 2.11. The summed E-state index contributed by atoms with van der Waals surface area (Å²) in [7, 11) is 0. The Bertz CT molecular complexity index is 1190. The summed E-state index contributed by atoms with van der Waals surface area (Å²) in [5.74, 6) is -0.0584. The van der Waals surface area contributed by atoms with Gasteiger partial charge in [-0.3, -0.25) is 9.48 Å². The van der Waals surface area contributed by atoms with Crippen molar-refractivity contribution < 1.29 is 4.79 Å². The highest BCUT2D eigenvalue weighted by Crippen LogP contribution is 2.31. The van der Waals surface area contributed by atoms with E-state index in [2.05, 4.69) is 35.5 Å². The molecular formula is C22H21ClN4OS. The standard InChI is InChI=1S/C22H21ClN4OS/c1-13-4-9-18-19(12-13)29-22(25-18)16-5-7-17(8-6-16)24-20(28)10-11-27-15(3)21(23)14(2)26-27/h4-9,12H,10-11H2,1-3H3,(H,24,28). The van der Waals surface area contributed by atoms with Gasteiger partial charge in [-0.05, 0) is 62.7 Å². The maximum Gasteiger partial charge on any atom is 0.226 e. The molecule has 29 heavy (non-hydrogen) atoms. The van der Waals surface area contributed by atoms with E-state index in [-0.39, 0.29) is 5.91 Å². The molecule has 2 aromatic carbocycles. The van der Waals surface area contributed by atoms with Crippen molar-refractivity contribution in [3.05, 3.63) is 64.4 Å². The number of fused-ring (bicyclic) bond motifs is 1. The normalized spacial score (nSPS) is 11.2. The first kappa shape index (κ1) is 19.6. The smallest absolute Gasteiger partial charge is 0.226 e. The number of nitrogens with one attached hydrogen (secondary N) is 1. The van der Waals surface area contributed by atoms with E-state index in [1.165, 1.54) is 10.3 Å². The van der Waals surface area contributed by atoms with Crippen LogP contribution in [0.15, 0.2) is 42.5 Å². The Labute approximate surface area is 178 Å². The number of amides is 1. The van der Waals surface area contributed by atoms with Crippen molar-refractivity contribution in [3.8, 4) is 10.6 Å². The van der Waals surface area contributed by atoms with Gasteiger partial charge in [0, 0.05) is 17.7 Å². The predicted molar refractivity (Wildman–Crippen MR) is 120 cm³/mol. The molecule has 1 N–H and O–H groups in total. The molecule has 5 nitrogen and oxygen atoms in total. The molecule has 2 heterocycles. The molecule has 0 saturated heterocycles. The number of hydrogen-bond acceptors (Lipinski definition) is 4. The number of hydrogen-bond donors (Lipinski definition) is 1. The Morgan fingerprint density at radius 2 is 1.90 bits per heavy atom. The maximum atomic E-state index is 12.3. The number of rotatable bonds is 5. The molecule has 0 aliphatic rings. The van der Waals surface area contributed by atoms with Gasteiger partial charge < -0.3 is 5.32 Å². The monoisotopic (exact) mass is 424 g/mol. The van der Waals surface area contributed by atoms with Crippen molar-refractivity contribution >= 4 is 44.7 Å². The summed E-state index contributed by atoms with van der Waals surface area (Å²) in [6, 6.07) is 14.1. The van der Waals surface area contributed by atoms with Crippen molar-refractivity contribution in [1.29, 1.82) is 0 Å². The molecule has 0 bridgehead atoms. The second-order valence-corrected chi connectivity index (χ2v) is 8.48. The molecule has 2 aromatic heterocycles. The molecule has 0 radical (unpaired) electrons. The minimum absolute atomic E-state index is 0.0584. The summed E-state index contributed by atoms with van der Waals surface area (Å²) < 4.78 is 2.96. The molecule has 0 unspecified atom stereocenters. The van der Waals surface area contributed by atoms with E-state index in [0.29, 0.717) is 18.0 Å². The van der Waals surface area contributed by atoms with E-state index in [1.54, 1.807) is 16.0 Å². The summed E-state index contributed by atoms with van der Waals surface area (Å²) in [6.07, 6.45) is 0.331.